The van der Waals surface area contributed by atoms with Crippen LogP contribution in [-0.4, -0.2) is 12.5 Å². The Morgan fingerprint density at radius 3 is 3.00 bits per heavy atom. The summed E-state index contributed by atoms with van der Waals surface area (Å²) in [5, 5.41) is 2.52. The normalized spacial score (nSPS) is 9.00. The molecule has 0 spiro atoms. The van der Waals surface area contributed by atoms with E-state index < -0.39 is 5.82 Å². The zero-order valence-electron chi connectivity index (χ0n) is 8.10. The number of rotatable bonds is 1. The van der Waals surface area contributed by atoms with E-state index in [-0.39, 0.29) is 23.0 Å². The van der Waals surface area contributed by atoms with Crippen molar-refractivity contribution in [2.45, 2.75) is 6.92 Å². The molecule has 0 aromatic heterocycles. The van der Waals surface area contributed by atoms with Crippen molar-refractivity contribution in [2.24, 2.45) is 0 Å². The average Bonchev–Trinajstić information content (AvgIpc) is 2.18. The van der Waals surface area contributed by atoms with Gasteiger partial charge in [-0.3, -0.25) is 4.79 Å². The minimum Gasteiger partial charge on any atom is -0.345 e. The Balaban J connectivity index is 2.72. The second-order valence-corrected chi connectivity index (χ2v) is 3.22. The summed E-state index contributed by atoms with van der Waals surface area (Å²) in [5.74, 6) is 4.50. The van der Waals surface area contributed by atoms with Crippen LogP contribution in [0.25, 0.3) is 0 Å². The zero-order chi connectivity index (χ0) is 11.3. The first-order valence-corrected chi connectivity index (χ1v) is 4.66. The van der Waals surface area contributed by atoms with Crippen molar-refractivity contribution in [3.63, 3.8) is 0 Å². The minimum absolute atomic E-state index is 0.0429. The van der Waals surface area contributed by atoms with Crippen molar-refractivity contribution < 1.29 is 9.18 Å². The molecule has 1 amide bonds. The third kappa shape index (κ3) is 3.61. The first kappa shape index (κ1) is 11.5. The fraction of sp³-hybridized carbons (Fsp3) is 0.182. The van der Waals surface area contributed by atoms with Gasteiger partial charge in [0.05, 0.1) is 17.1 Å². The van der Waals surface area contributed by atoms with Crippen LogP contribution >= 0.6 is 11.6 Å². The van der Waals surface area contributed by atoms with Gasteiger partial charge in [0.2, 0.25) is 5.91 Å². The number of carbonyl (C=O) groups excluding carboxylic acids is 1. The topological polar surface area (TPSA) is 29.1 Å². The van der Waals surface area contributed by atoms with Crippen molar-refractivity contribution in [1.29, 1.82) is 0 Å². The van der Waals surface area contributed by atoms with Gasteiger partial charge < -0.3 is 5.32 Å². The van der Waals surface area contributed by atoms with E-state index in [1.165, 1.54) is 19.1 Å². The van der Waals surface area contributed by atoms with Crippen molar-refractivity contribution in [3.05, 3.63) is 34.6 Å². The SMILES string of the molecule is CC(=O)NCC#Cc1cccc(Cl)c1F. The van der Waals surface area contributed by atoms with Crippen molar-refractivity contribution in [1.82, 2.24) is 5.32 Å². The van der Waals surface area contributed by atoms with Crippen LogP contribution in [0.15, 0.2) is 18.2 Å². The minimum atomic E-state index is -0.533. The van der Waals surface area contributed by atoms with Gasteiger partial charge in [-0.15, -0.1) is 0 Å². The molecule has 0 aliphatic rings. The molecule has 0 saturated carbocycles. The van der Waals surface area contributed by atoms with Crippen LogP contribution in [0.5, 0.6) is 0 Å². The van der Waals surface area contributed by atoms with Gasteiger partial charge in [0.15, 0.2) is 5.82 Å². The van der Waals surface area contributed by atoms with E-state index in [4.69, 9.17) is 11.6 Å². The fourth-order valence-electron chi connectivity index (χ4n) is 0.908. The van der Waals surface area contributed by atoms with Gasteiger partial charge in [0.25, 0.3) is 0 Å². The molecular weight excluding hydrogens is 217 g/mol. The smallest absolute Gasteiger partial charge is 0.217 e. The maximum Gasteiger partial charge on any atom is 0.217 e. The number of amides is 1. The molecule has 0 aliphatic heterocycles. The number of benzene rings is 1. The van der Waals surface area contributed by atoms with Gasteiger partial charge in [-0.1, -0.05) is 29.5 Å². The summed E-state index contributed by atoms with van der Waals surface area (Å²) in [6, 6.07) is 4.60. The Labute approximate surface area is 92.4 Å². The predicted octanol–water partition coefficient (Wildman–Crippen LogP) is 1.97. The highest BCUT2D eigenvalue weighted by atomic mass is 35.5. The molecule has 0 unspecified atom stereocenters. The average molecular weight is 226 g/mol. The Morgan fingerprint density at radius 2 is 2.33 bits per heavy atom. The Hall–Kier alpha value is -1.53. The van der Waals surface area contributed by atoms with E-state index in [0.29, 0.717) is 0 Å². The van der Waals surface area contributed by atoms with E-state index in [1.54, 1.807) is 6.07 Å². The van der Waals surface area contributed by atoms with Crippen LogP contribution in [0.2, 0.25) is 5.02 Å². The molecule has 1 rings (SSSR count). The molecule has 1 N–H and O–H groups in total. The number of hydrogen-bond donors (Lipinski definition) is 1. The molecule has 1 aromatic rings. The summed E-state index contributed by atoms with van der Waals surface area (Å²) in [7, 11) is 0. The van der Waals surface area contributed by atoms with Gasteiger partial charge in [0, 0.05) is 6.92 Å². The molecule has 15 heavy (non-hydrogen) atoms. The van der Waals surface area contributed by atoms with Crippen LogP contribution in [0.3, 0.4) is 0 Å². The Morgan fingerprint density at radius 1 is 1.60 bits per heavy atom. The van der Waals surface area contributed by atoms with E-state index in [9.17, 15) is 9.18 Å². The zero-order valence-corrected chi connectivity index (χ0v) is 8.86. The van der Waals surface area contributed by atoms with Crippen LogP contribution in [0.1, 0.15) is 12.5 Å². The van der Waals surface area contributed by atoms with Gasteiger partial charge in [0.1, 0.15) is 0 Å². The quantitative estimate of drug-likeness (QED) is 0.728. The molecule has 1 aromatic carbocycles. The number of nitrogens with one attached hydrogen (secondary N) is 1. The molecule has 0 aliphatic carbocycles. The molecule has 2 nitrogen and oxygen atoms in total. The monoisotopic (exact) mass is 225 g/mol. The molecule has 0 radical (unpaired) electrons. The lowest BCUT2D eigenvalue weighted by atomic mass is 10.2. The highest BCUT2D eigenvalue weighted by Gasteiger charge is 2.02. The maximum atomic E-state index is 13.3. The highest BCUT2D eigenvalue weighted by Crippen LogP contribution is 2.16. The highest BCUT2D eigenvalue weighted by molar-refractivity contribution is 6.30. The van der Waals surface area contributed by atoms with Crippen LogP contribution in [-0.2, 0) is 4.79 Å². The summed E-state index contributed by atoms with van der Waals surface area (Å²) in [6.07, 6.45) is 0. The lowest BCUT2D eigenvalue weighted by Crippen LogP contribution is -2.19. The van der Waals surface area contributed by atoms with Gasteiger partial charge in [-0.05, 0) is 12.1 Å². The molecule has 0 atom stereocenters. The summed E-state index contributed by atoms with van der Waals surface area (Å²) in [5.41, 5.74) is 0.229. The van der Waals surface area contributed by atoms with Crippen LogP contribution in [0, 0.1) is 17.7 Å². The molecular formula is C11H9ClFNO. The van der Waals surface area contributed by atoms with E-state index >= 15 is 0 Å². The number of halogens is 2. The van der Waals surface area contributed by atoms with E-state index in [2.05, 4.69) is 17.2 Å². The first-order chi connectivity index (χ1) is 7.11. The molecule has 78 valence electrons. The summed E-state index contributed by atoms with van der Waals surface area (Å²) in [4.78, 5) is 10.5. The third-order valence-corrected chi connectivity index (χ3v) is 1.89. The van der Waals surface area contributed by atoms with Gasteiger partial charge in [-0.25, -0.2) is 4.39 Å². The Kier molecular flexibility index (Phi) is 4.14. The summed E-state index contributed by atoms with van der Waals surface area (Å²) < 4.78 is 13.3. The maximum absolute atomic E-state index is 13.3. The van der Waals surface area contributed by atoms with Crippen molar-refractivity contribution >= 4 is 17.5 Å². The van der Waals surface area contributed by atoms with Gasteiger partial charge in [-0.2, -0.15) is 0 Å². The van der Waals surface area contributed by atoms with E-state index in [1.807, 2.05) is 0 Å². The standard InChI is InChI=1S/C11H9ClFNO/c1-8(15)14-7-3-5-9-4-2-6-10(12)11(9)13/h2,4,6H,7H2,1H3,(H,14,15). The molecule has 0 saturated heterocycles. The first-order valence-electron chi connectivity index (χ1n) is 4.28. The second-order valence-electron chi connectivity index (χ2n) is 2.81. The lowest BCUT2D eigenvalue weighted by molar-refractivity contribution is -0.118. The second kappa shape index (κ2) is 5.38. The van der Waals surface area contributed by atoms with Gasteiger partial charge >= 0.3 is 0 Å². The fourth-order valence-corrected chi connectivity index (χ4v) is 1.08. The lowest BCUT2D eigenvalue weighted by Gasteiger charge is -1.96. The van der Waals surface area contributed by atoms with E-state index in [0.717, 1.165) is 0 Å². The molecule has 0 heterocycles. The number of carbonyl (C=O) groups is 1. The largest absolute Gasteiger partial charge is 0.345 e. The van der Waals surface area contributed by atoms with Crippen molar-refractivity contribution in [3.8, 4) is 11.8 Å². The Bertz CT molecular complexity index is 434. The third-order valence-electron chi connectivity index (χ3n) is 1.60. The number of hydrogen-bond acceptors (Lipinski definition) is 1. The summed E-state index contributed by atoms with van der Waals surface area (Å²) >= 11 is 5.56. The molecule has 4 heteroatoms. The van der Waals surface area contributed by atoms with Crippen LogP contribution in [0.4, 0.5) is 4.39 Å². The predicted molar refractivity (Wildman–Crippen MR) is 57.0 cm³/mol. The van der Waals surface area contributed by atoms with Crippen molar-refractivity contribution in [2.75, 3.05) is 6.54 Å². The summed E-state index contributed by atoms with van der Waals surface area (Å²) in [6.45, 7) is 1.59. The molecule has 0 bridgehead atoms. The molecule has 0 fully saturated rings. The van der Waals surface area contributed by atoms with Crippen LogP contribution < -0.4 is 5.32 Å².